The lowest BCUT2D eigenvalue weighted by molar-refractivity contribution is -0.132. The summed E-state index contributed by atoms with van der Waals surface area (Å²) in [6.07, 6.45) is -0.302. The molecule has 242 valence electrons. The number of unbranched alkanes of at least 4 members (excludes halogenated alkanes) is 1. The summed E-state index contributed by atoms with van der Waals surface area (Å²) in [6.45, 7) is 11.5. The van der Waals surface area contributed by atoms with Crippen LogP contribution in [0.25, 0.3) is 10.8 Å². The molecular formula is C30H42ClN5O7S. The Bertz CT molecular complexity index is 1460. The van der Waals surface area contributed by atoms with Crippen molar-refractivity contribution >= 4 is 56.4 Å². The summed E-state index contributed by atoms with van der Waals surface area (Å²) in [4.78, 5) is 43.4. The number of halogens is 1. The van der Waals surface area contributed by atoms with Crippen LogP contribution in [0.2, 0.25) is 5.02 Å². The smallest absolute Gasteiger partial charge is 0.414 e. The van der Waals surface area contributed by atoms with E-state index in [-0.39, 0.29) is 42.8 Å². The number of alkyl carbamates (subject to hydrolysis) is 2. The number of fused-ring (bicyclic) bond motifs is 1. The van der Waals surface area contributed by atoms with Crippen LogP contribution in [0.3, 0.4) is 0 Å². The highest BCUT2D eigenvalue weighted by atomic mass is 35.5. The number of carbonyl (C=O) groups excluding carboxylic acids is 3. The van der Waals surface area contributed by atoms with Crippen LogP contribution in [-0.4, -0.2) is 85.6 Å². The van der Waals surface area contributed by atoms with Gasteiger partial charge in [-0.05, 0) is 89.4 Å². The molecule has 3 amide bonds. The highest BCUT2D eigenvalue weighted by Gasteiger charge is 2.30. The fraction of sp³-hybridized carbons (Fsp3) is 0.533. The number of hydrogen-bond donors (Lipinski definition) is 2. The van der Waals surface area contributed by atoms with Crippen LogP contribution < -0.4 is 10.6 Å². The van der Waals surface area contributed by atoms with E-state index >= 15 is 0 Å². The Hall–Kier alpha value is -3.42. The van der Waals surface area contributed by atoms with Gasteiger partial charge in [-0.25, -0.2) is 18.0 Å². The number of ether oxygens (including phenoxy) is 2. The number of hydrogen-bond acceptors (Lipinski definition) is 8. The zero-order valence-corrected chi connectivity index (χ0v) is 27.7. The van der Waals surface area contributed by atoms with E-state index in [2.05, 4.69) is 15.6 Å². The van der Waals surface area contributed by atoms with Crippen LogP contribution in [0.4, 0.5) is 9.59 Å². The first kappa shape index (κ1) is 35.1. The molecule has 2 N–H and O–H groups in total. The van der Waals surface area contributed by atoms with Gasteiger partial charge in [-0.2, -0.15) is 4.31 Å². The van der Waals surface area contributed by atoms with Gasteiger partial charge in [0.15, 0.2) is 0 Å². The topological polar surface area (TPSA) is 147 Å². The number of rotatable bonds is 7. The molecule has 0 aliphatic carbocycles. The molecule has 0 unspecified atom stereocenters. The summed E-state index contributed by atoms with van der Waals surface area (Å²) in [5.74, 6) is -0.194. The molecule has 12 nitrogen and oxygen atoms in total. The zero-order valence-electron chi connectivity index (χ0n) is 26.1. The van der Waals surface area contributed by atoms with Crippen LogP contribution in [0.1, 0.15) is 60.8 Å². The van der Waals surface area contributed by atoms with Crippen molar-refractivity contribution in [2.45, 2.75) is 76.9 Å². The van der Waals surface area contributed by atoms with Crippen LogP contribution in [-0.2, 0) is 24.3 Å². The lowest BCUT2D eigenvalue weighted by atomic mass is 10.1. The second kappa shape index (κ2) is 14.6. The Morgan fingerprint density at radius 3 is 1.95 bits per heavy atom. The lowest BCUT2D eigenvalue weighted by Gasteiger charge is -2.34. The minimum absolute atomic E-state index is 0.0763. The normalized spacial score (nSPS) is 14.6. The van der Waals surface area contributed by atoms with E-state index in [1.807, 2.05) is 0 Å². The summed E-state index contributed by atoms with van der Waals surface area (Å²) >= 11 is 6.04. The molecule has 14 heteroatoms. The van der Waals surface area contributed by atoms with Crippen molar-refractivity contribution in [1.82, 2.24) is 19.8 Å². The van der Waals surface area contributed by atoms with Gasteiger partial charge in [0.25, 0.3) is 0 Å². The number of piperazine rings is 1. The zero-order chi connectivity index (χ0) is 32.7. The third-order valence-electron chi connectivity index (χ3n) is 6.31. The molecule has 1 fully saturated rings. The molecule has 2 aromatic rings. The number of benzene rings is 2. The second-order valence-electron chi connectivity index (χ2n) is 12.4. The number of nitrogens with one attached hydrogen (secondary N) is 2. The molecule has 0 saturated carbocycles. The van der Waals surface area contributed by atoms with Gasteiger partial charge in [-0.15, -0.1) is 0 Å². The number of sulfonamides is 1. The van der Waals surface area contributed by atoms with Gasteiger partial charge < -0.3 is 14.4 Å². The van der Waals surface area contributed by atoms with Crippen molar-refractivity contribution in [2.24, 2.45) is 4.99 Å². The molecule has 3 rings (SSSR count). The first-order valence-electron chi connectivity index (χ1n) is 14.4. The van der Waals surface area contributed by atoms with Gasteiger partial charge in [0, 0.05) is 44.2 Å². The summed E-state index contributed by atoms with van der Waals surface area (Å²) in [7, 11) is -3.71. The lowest BCUT2D eigenvalue weighted by Crippen LogP contribution is -2.50. The maximum Gasteiger partial charge on any atom is 0.414 e. The average molecular weight is 652 g/mol. The highest BCUT2D eigenvalue weighted by molar-refractivity contribution is 7.89. The Morgan fingerprint density at radius 1 is 0.841 bits per heavy atom. The van der Waals surface area contributed by atoms with Gasteiger partial charge in [0.2, 0.25) is 21.9 Å². The van der Waals surface area contributed by atoms with Gasteiger partial charge in [-0.3, -0.25) is 20.4 Å². The largest absolute Gasteiger partial charge is 0.444 e. The summed E-state index contributed by atoms with van der Waals surface area (Å²) in [5.41, 5.74) is -1.49. The fourth-order valence-corrected chi connectivity index (χ4v) is 5.97. The Balaban J connectivity index is 1.49. The predicted molar refractivity (Wildman–Crippen MR) is 169 cm³/mol. The van der Waals surface area contributed by atoms with Crippen molar-refractivity contribution in [2.75, 3.05) is 32.7 Å². The average Bonchev–Trinajstić information content (AvgIpc) is 2.90. The summed E-state index contributed by atoms with van der Waals surface area (Å²) < 4.78 is 38.4. The molecule has 1 heterocycles. The maximum absolute atomic E-state index is 13.3. The Morgan fingerprint density at radius 2 is 1.39 bits per heavy atom. The van der Waals surface area contributed by atoms with E-state index < -0.39 is 33.4 Å². The van der Waals surface area contributed by atoms with Crippen molar-refractivity contribution in [3.05, 3.63) is 41.4 Å². The van der Waals surface area contributed by atoms with E-state index in [1.54, 1.807) is 82.8 Å². The molecule has 0 aromatic heterocycles. The van der Waals surface area contributed by atoms with Crippen LogP contribution >= 0.6 is 11.6 Å². The minimum atomic E-state index is -3.71. The quantitative estimate of drug-likeness (QED) is 0.246. The molecule has 0 atom stereocenters. The number of aliphatic imine (C=N–C) groups is 1. The highest BCUT2D eigenvalue weighted by Crippen LogP contribution is 2.25. The fourth-order valence-electron chi connectivity index (χ4n) is 4.33. The molecule has 1 saturated heterocycles. The van der Waals surface area contributed by atoms with E-state index in [0.29, 0.717) is 31.0 Å². The van der Waals surface area contributed by atoms with Gasteiger partial charge in [-0.1, -0.05) is 23.7 Å². The van der Waals surface area contributed by atoms with Crippen molar-refractivity contribution in [3.8, 4) is 0 Å². The van der Waals surface area contributed by atoms with Crippen LogP contribution in [0.5, 0.6) is 0 Å². The van der Waals surface area contributed by atoms with E-state index in [9.17, 15) is 22.8 Å². The van der Waals surface area contributed by atoms with E-state index in [1.165, 1.54) is 4.31 Å². The SMILES string of the molecule is CC(C)(C)OC(=O)NC(=NCCCCC(=O)N1CCN(S(=O)(=O)c2ccc3cc(Cl)ccc3c2)CC1)NC(=O)OC(C)(C)C. The maximum atomic E-state index is 13.3. The number of nitrogens with zero attached hydrogens (tertiary/aromatic N) is 3. The van der Waals surface area contributed by atoms with Crippen molar-refractivity contribution < 1.29 is 32.3 Å². The second-order valence-corrected chi connectivity index (χ2v) is 14.8. The minimum Gasteiger partial charge on any atom is -0.444 e. The number of guanidine groups is 1. The molecular weight excluding hydrogens is 610 g/mol. The molecule has 0 radical (unpaired) electrons. The van der Waals surface area contributed by atoms with Gasteiger partial charge in [0.1, 0.15) is 11.2 Å². The Kier molecular flexibility index (Phi) is 11.6. The molecule has 0 bridgehead atoms. The first-order valence-corrected chi connectivity index (χ1v) is 16.3. The first-order chi connectivity index (χ1) is 20.4. The van der Waals surface area contributed by atoms with Gasteiger partial charge >= 0.3 is 12.2 Å². The van der Waals surface area contributed by atoms with Crippen LogP contribution in [0, 0.1) is 0 Å². The molecule has 2 aromatic carbocycles. The van der Waals surface area contributed by atoms with Crippen molar-refractivity contribution in [1.29, 1.82) is 0 Å². The Labute approximate surface area is 264 Å². The summed E-state index contributed by atoms with van der Waals surface area (Å²) in [5, 5.41) is 7.06. The molecule has 1 aliphatic rings. The van der Waals surface area contributed by atoms with E-state index in [4.69, 9.17) is 21.1 Å². The molecule has 44 heavy (non-hydrogen) atoms. The number of carbonyl (C=O) groups is 3. The third kappa shape index (κ3) is 10.9. The predicted octanol–water partition coefficient (Wildman–Crippen LogP) is 4.90. The van der Waals surface area contributed by atoms with Crippen LogP contribution in [0.15, 0.2) is 46.3 Å². The summed E-state index contributed by atoms with van der Waals surface area (Å²) in [6, 6.07) is 10.2. The number of amides is 3. The van der Waals surface area contributed by atoms with Gasteiger partial charge in [0.05, 0.1) is 4.90 Å². The van der Waals surface area contributed by atoms with Crippen molar-refractivity contribution in [3.63, 3.8) is 0 Å². The molecule has 0 spiro atoms. The third-order valence-corrected chi connectivity index (χ3v) is 8.44. The molecule has 1 aliphatic heterocycles. The monoisotopic (exact) mass is 651 g/mol. The van der Waals surface area contributed by atoms with E-state index in [0.717, 1.165) is 10.8 Å². The standard InChI is InChI=1S/C30H42ClN5O7S/c1-29(2,3)42-27(38)33-26(34-28(39)43-30(4,5)6)32-14-8-7-9-25(37)35-15-17-36(18-16-35)44(40,41)24-13-11-21-19-23(31)12-10-22(21)20-24/h10-13,19-20H,7-9,14-18H2,1-6H3,(H2,32,33,34,38,39).